The smallest absolute Gasteiger partial charge is 0.255 e. The van der Waals surface area contributed by atoms with Crippen molar-refractivity contribution in [1.82, 2.24) is 36.1 Å². The predicted molar refractivity (Wildman–Crippen MR) is 187 cm³/mol. The number of nitrogens with two attached hydrogens (primary N) is 4. The van der Waals surface area contributed by atoms with Gasteiger partial charge in [0.1, 0.15) is 12.0 Å². The van der Waals surface area contributed by atoms with Gasteiger partial charge in [-0.2, -0.15) is 9.97 Å². The molecule has 4 rings (SSSR count). The highest BCUT2D eigenvalue weighted by molar-refractivity contribution is 6.08. The molecule has 0 aliphatic heterocycles. The van der Waals surface area contributed by atoms with Gasteiger partial charge in [-0.25, -0.2) is 21.3 Å². The molecule has 49 heavy (non-hydrogen) atoms. The molecule has 2 aromatic carbocycles. The second kappa shape index (κ2) is 19.7. The number of hydrogen-bond acceptors (Lipinski definition) is 14. The summed E-state index contributed by atoms with van der Waals surface area (Å²) >= 11 is 0. The largest absolute Gasteiger partial charge is 0.507 e. The third kappa shape index (κ3) is 11.1. The topological polar surface area (TPSA) is 296 Å². The van der Waals surface area contributed by atoms with Gasteiger partial charge in [0.25, 0.3) is 11.8 Å². The van der Waals surface area contributed by atoms with Gasteiger partial charge >= 0.3 is 0 Å². The van der Waals surface area contributed by atoms with Crippen LogP contribution in [0.2, 0.25) is 0 Å². The number of amides is 2. The molecule has 2 aromatic heterocycles. The van der Waals surface area contributed by atoms with Crippen molar-refractivity contribution in [3.63, 3.8) is 0 Å². The number of benzene rings is 2. The van der Waals surface area contributed by atoms with Crippen LogP contribution < -0.4 is 39.2 Å². The molecule has 0 saturated carbocycles. The lowest BCUT2D eigenvalue weighted by molar-refractivity contribution is -0.109. The summed E-state index contributed by atoms with van der Waals surface area (Å²) in [4.78, 5) is 53.9. The number of aliphatic hydroxyl groups is 1. The van der Waals surface area contributed by atoms with Gasteiger partial charge in [-0.15, -0.1) is 5.10 Å². The summed E-state index contributed by atoms with van der Waals surface area (Å²) < 4.78 is 0. The van der Waals surface area contributed by atoms with E-state index in [-0.39, 0.29) is 47.8 Å². The Morgan fingerprint density at radius 2 is 1.69 bits per heavy atom. The van der Waals surface area contributed by atoms with Crippen molar-refractivity contribution in [2.75, 3.05) is 25.1 Å². The Labute approximate surface area is 283 Å². The molecule has 0 aliphatic carbocycles. The second-order valence-corrected chi connectivity index (χ2v) is 10.1. The Morgan fingerprint density at radius 3 is 2.37 bits per heavy atom. The number of carbonyl (C=O) groups is 3. The monoisotopic (exact) mass is 676 g/mol. The highest BCUT2D eigenvalue weighted by atomic mass is 16.3. The van der Waals surface area contributed by atoms with Crippen LogP contribution in [0.5, 0.6) is 5.75 Å². The normalized spacial score (nSPS) is 11.3. The minimum Gasteiger partial charge on any atom is -0.507 e. The summed E-state index contributed by atoms with van der Waals surface area (Å²) in [6, 6.07) is 8.95. The Balaban J connectivity index is 0.00000201. The number of phenolic OH excluding ortho intramolecular Hbond substituents is 1. The zero-order valence-corrected chi connectivity index (χ0v) is 27.9. The highest BCUT2D eigenvalue weighted by Gasteiger charge is 2.18. The van der Waals surface area contributed by atoms with Crippen LogP contribution in [0.3, 0.4) is 0 Å². The van der Waals surface area contributed by atoms with E-state index in [0.717, 1.165) is 18.2 Å². The van der Waals surface area contributed by atoms with Gasteiger partial charge in [0.15, 0.2) is 22.8 Å². The third-order valence-corrected chi connectivity index (χ3v) is 6.82. The first-order chi connectivity index (χ1) is 23.6. The van der Waals surface area contributed by atoms with Gasteiger partial charge in [-0.3, -0.25) is 9.59 Å². The molecule has 0 fully saturated rings. The predicted octanol–water partition coefficient (Wildman–Crippen LogP) is 0.609. The summed E-state index contributed by atoms with van der Waals surface area (Å²) in [6.07, 6.45) is 3.77. The Kier molecular flexibility index (Phi) is 15.7. The van der Waals surface area contributed by atoms with Crippen molar-refractivity contribution in [1.29, 1.82) is 0 Å². The number of phenols is 1. The van der Waals surface area contributed by atoms with Crippen molar-refractivity contribution in [3.05, 3.63) is 76.1 Å². The van der Waals surface area contributed by atoms with Crippen LogP contribution >= 0.6 is 0 Å². The summed E-state index contributed by atoms with van der Waals surface area (Å²) in [7, 11) is 1.00. The van der Waals surface area contributed by atoms with E-state index in [9.17, 15) is 19.5 Å². The molecule has 0 aliphatic rings. The van der Waals surface area contributed by atoms with E-state index in [2.05, 4.69) is 41.2 Å². The molecule has 2 heterocycles. The first kappa shape index (κ1) is 39.2. The fraction of sp³-hybridized carbons (Fsp3) is 0.312. The average Bonchev–Trinajstić information content (AvgIpc) is 3.10. The van der Waals surface area contributed by atoms with E-state index in [1.165, 1.54) is 12.1 Å². The molecule has 13 N–H and O–H groups in total. The molecule has 0 spiro atoms. The highest BCUT2D eigenvalue weighted by Crippen LogP contribution is 2.21. The average molecular weight is 677 g/mol. The van der Waals surface area contributed by atoms with E-state index >= 15 is 0 Å². The molecule has 2 amide bonds. The van der Waals surface area contributed by atoms with E-state index in [4.69, 9.17) is 28.2 Å². The quantitative estimate of drug-likeness (QED) is 0.0234. The summed E-state index contributed by atoms with van der Waals surface area (Å²) in [5.41, 5.74) is 23.2. The van der Waals surface area contributed by atoms with Gasteiger partial charge in [0.05, 0.1) is 29.1 Å². The summed E-state index contributed by atoms with van der Waals surface area (Å²) in [5.74, 6) is 4.18. The number of fused-ring (bicyclic) bond motifs is 1. The number of hydrazine groups is 1. The van der Waals surface area contributed by atoms with Crippen molar-refractivity contribution in [2.24, 2.45) is 16.7 Å². The Morgan fingerprint density at radius 1 is 0.980 bits per heavy atom. The number of carbonyl (C=O) groups excluding carboxylic acids is 3. The molecular formula is C32H44N12O5. The molecule has 17 heteroatoms. The van der Waals surface area contributed by atoms with Crippen LogP contribution in [0.15, 0.2) is 47.7 Å². The van der Waals surface area contributed by atoms with Crippen LogP contribution in [-0.2, 0) is 17.6 Å². The number of rotatable bonds is 13. The number of amidine groups is 1. The molecule has 1 unspecified atom stereocenters. The minimum absolute atomic E-state index is 0.0113. The van der Waals surface area contributed by atoms with Crippen LogP contribution in [-0.4, -0.2) is 73.8 Å². The van der Waals surface area contributed by atoms with Crippen LogP contribution in [0.25, 0.3) is 11.2 Å². The minimum atomic E-state index is -0.833. The number of hydrogen-bond donors (Lipinski definition) is 9. The Bertz CT molecular complexity index is 1770. The molecule has 262 valence electrons. The maximum atomic E-state index is 12.8. The van der Waals surface area contributed by atoms with Gasteiger partial charge in [-0.1, -0.05) is 31.5 Å². The van der Waals surface area contributed by atoms with Crippen molar-refractivity contribution in [3.8, 4) is 5.75 Å². The molecule has 4 aromatic rings. The van der Waals surface area contributed by atoms with E-state index in [0.29, 0.717) is 53.5 Å². The SMILES string of the molecule is CC.CO.Cc1ccc(C(=O)NCCCC(C=O)NC(=O)c2ccc(CCc3cnc4nc(N)nc(N)c4n3)cc2O)c(/C(N)=N/NN)c1. The maximum Gasteiger partial charge on any atom is 0.255 e. The third-order valence-electron chi connectivity index (χ3n) is 6.82. The lowest BCUT2D eigenvalue weighted by Gasteiger charge is -2.15. The van der Waals surface area contributed by atoms with E-state index in [1.54, 1.807) is 30.5 Å². The van der Waals surface area contributed by atoms with Crippen molar-refractivity contribution in [2.45, 2.75) is 52.5 Å². The number of nitrogens with one attached hydrogen (secondary N) is 3. The number of nitrogens with zero attached hydrogens (tertiary/aromatic N) is 5. The Hall–Kier alpha value is -5.94. The second-order valence-electron chi connectivity index (χ2n) is 10.1. The molecule has 17 nitrogen and oxygen atoms in total. The molecule has 0 saturated heterocycles. The maximum absolute atomic E-state index is 12.8. The summed E-state index contributed by atoms with van der Waals surface area (Å²) in [6.45, 7) is 6.08. The number of aliphatic hydroxyl groups excluding tert-OH is 1. The molecular weight excluding hydrogens is 632 g/mol. The number of anilines is 2. The lowest BCUT2D eigenvalue weighted by Crippen LogP contribution is -2.37. The van der Waals surface area contributed by atoms with Crippen LogP contribution in [0.4, 0.5) is 11.8 Å². The number of nitrogen functional groups attached to an aromatic ring is 2. The number of aromatic nitrogens is 4. The van der Waals surface area contributed by atoms with Crippen molar-refractivity contribution < 1.29 is 24.6 Å². The van der Waals surface area contributed by atoms with Crippen LogP contribution in [0.1, 0.15) is 69.8 Å². The first-order valence-corrected chi connectivity index (χ1v) is 15.3. The zero-order valence-electron chi connectivity index (χ0n) is 27.9. The fourth-order valence-corrected chi connectivity index (χ4v) is 4.54. The molecule has 0 radical (unpaired) electrons. The molecule has 1 atom stereocenters. The van der Waals surface area contributed by atoms with Gasteiger partial charge < -0.3 is 42.8 Å². The van der Waals surface area contributed by atoms with Gasteiger partial charge in [-0.05, 0) is 62.4 Å². The van der Waals surface area contributed by atoms with E-state index in [1.807, 2.05) is 20.8 Å². The molecule has 0 bridgehead atoms. The number of aryl methyl sites for hydroxylation is 3. The number of aromatic hydroxyl groups is 1. The lowest BCUT2D eigenvalue weighted by atomic mass is 10.0. The van der Waals surface area contributed by atoms with Crippen molar-refractivity contribution >= 4 is 46.9 Å². The van der Waals surface area contributed by atoms with Gasteiger partial charge in [0.2, 0.25) is 5.95 Å². The zero-order chi connectivity index (χ0) is 36.5. The van der Waals surface area contributed by atoms with E-state index < -0.39 is 11.9 Å². The number of aldehydes is 1. The number of hydrazone groups is 1. The standard InChI is InChI=1S/C29H34N12O4.C2H6.CH4O/c1-15-4-8-19(21(11-15)24(30)40-41-33)27(44)34-10-2-3-18(14-42)37-28(45)20-9-6-16(12-22(20)43)5-7-17-13-35-26-23(36-17)25(31)38-29(32)39-26;2*1-2/h4,6,8-9,11-14,18,41,43H,2-3,5,7,10,33H2,1H3,(H2,30,40)(H,34,44)(H,37,45)(H4,31,32,35,38,39);1-2H3;2H,1H3. The fourth-order valence-electron chi connectivity index (χ4n) is 4.54. The van der Waals surface area contributed by atoms with Crippen LogP contribution in [0, 0.1) is 6.92 Å². The summed E-state index contributed by atoms with van der Waals surface area (Å²) in [5, 5.41) is 26.7. The first-order valence-electron chi connectivity index (χ1n) is 15.3. The van der Waals surface area contributed by atoms with Gasteiger partial charge in [0, 0.05) is 19.2 Å².